The van der Waals surface area contributed by atoms with Crippen LogP contribution in [-0.4, -0.2) is 19.7 Å². The Labute approximate surface area is 122 Å². The zero-order chi connectivity index (χ0) is 14.8. The second-order valence-electron chi connectivity index (χ2n) is 5.08. The van der Waals surface area contributed by atoms with E-state index < -0.39 is 0 Å². The number of hydrogen-bond acceptors (Lipinski definition) is 3. The molecule has 0 fully saturated rings. The molecule has 0 N–H and O–H groups in total. The molecule has 0 aliphatic heterocycles. The van der Waals surface area contributed by atoms with Gasteiger partial charge in [-0.15, -0.1) is 0 Å². The highest BCUT2D eigenvalue weighted by Crippen LogP contribution is 2.25. The molecule has 0 amide bonds. The Hall–Kier alpha value is -2.56. The maximum atomic E-state index is 13.1. The Kier molecular flexibility index (Phi) is 3.48. The van der Waals surface area contributed by atoms with Gasteiger partial charge < -0.3 is 0 Å². The molecule has 0 bridgehead atoms. The molecule has 0 saturated carbocycles. The van der Waals surface area contributed by atoms with Gasteiger partial charge in [0.25, 0.3) is 5.95 Å². The Morgan fingerprint density at radius 1 is 1.05 bits per heavy atom. The molecular weight excluding hydrogens is 267 g/mol. The zero-order valence-electron chi connectivity index (χ0n) is 11.9. The zero-order valence-corrected chi connectivity index (χ0v) is 11.9. The first-order chi connectivity index (χ1) is 10.1. The van der Waals surface area contributed by atoms with E-state index >= 15 is 0 Å². The smallest absolute Gasteiger partial charge is 0.220 e. The van der Waals surface area contributed by atoms with Crippen molar-refractivity contribution >= 4 is 0 Å². The van der Waals surface area contributed by atoms with Crippen LogP contribution in [0.25, 0.3) is 17.2 Å². The van der Waals surface area contributed by atoms with E-state index in [4.69, 9.17) is 0 Å². The highest BCUT2D eigenvalue weighted by molar-refractivity contribution is 5.61. The van der Waals surface area contributed by atoms with Gasteiger partial charge in [0.05, 0.1) is 11.4 Å². The van der Waals surface area contributed by atoms with Crippen LogP contribution < -0.4 is 0 Å². The molecular formula is C16H15FN4. The molecule has 0 aliphatic rings. The molecule has 1 aromatic carbocycles. The summed E-state index contributed by atoms with van der Waals surface area (Å²) in [6.45, 7) is 4.15. The van der Waals surface area contributed by atoms with Crippen LogP contribution in [0.5, 0.6) is 0 Å². The summed E-state index contributed by atoms with van der Waals surface area (Å²) in [5, 5.41) is 4.58. The molecule has 21 heavy (non-hydrogen) atoms. The van der Waals surface area contributed by atoms with Crippen LogP contribution in [0, 0.1) is 5.82 Å². The van der Waals surface area contributed by atoms with Gasteiger partial charge in [-0.05, 0) is 42.3 Å². The molecule has 2 aromatic heterocycles. The predicted molar refractivity (Wildman–Crippen MR) is 78.6 cm³/mol. The van der Waals surface area contributed by atoms with Gasteiger partial charge in [0, 0.05) is 18.0 Å². The maximum Gasteiger partial charge on any atom is 0.251 e. The maximum absolute atomic E-state index is 13.1. The molecule has 106 valence electrons. The molecule has 0 saturated heterocycles. The lowest BCUT2D eigenvalue weighted by Crippen LogP contribution is -2.04. The summed E-state index contributed by atoms with van der Waals surface area (Å²) in [7, 11) is 0. The van der Waals surface area contributed by atoms with E-state index in [1.54, 1.807) is 35.3 Å². The number of nitrogens with zero attached hydrogens (tertiary/aromatic N) is 4. The molecule has 3 rings (SSSR count). The van der Waals surface area contributed by atoms with Crippen LogP contribution >= 0.6 is 0 Å². The normalized spacial score (nSPS) is 11.0. The minimum atomic E-state index is -0.259. The Morgan fingerprint density at radius 3 is 2.33 bits per heavy atom. The third-order valence-corrected chi connectivity index (χ3v) is 3.20. The summed E-state index contributed by atoms with van der Waals surface area (Å²) in [6.07, 6.45) is 3.35. The number of rotatable bonds is 3. The van der Waals surface area contributed by atoms with Gasteiger partial charge in [-0.25, -0.2) is 14.4 Å². The van der Waals surface area contributed by atoms with Crippen LogP contribution in [0.4, 0.5) is 4.39 Å². The van der Waals surface area contributed by atoms with Crippen LogP contribution in [0.1, 0.15) is 25.5 Å². The van der Waals surface area contributed by atoms with Crippen molar-refractivity contribution in [1.29, 1.82) is 0 Å². The lowest BCUT2D eigenvalue weighted by molar-refractivity contribution is 0.628. The molecule has 0 spiro atoms. The highest BCUT2D eigenvalue weighted by Gasteiger charge is 2.15. The van der Waals surface area contributed by atoms with Crippen molar-refractivity contribution in [3.63, 3.8) is 0 Å². The average Bonchev–Trinajstić information content (AvgIpc) is 2.94. The number of hydrogen-bond donors (Lipinski definition) is 0. The van der Waals surface area contributed by atoms with Crippen molar-refractivity contribution in [1.82, 2.24) is 19.7 Å². The van der Waals surface area contributed by atoms with Gasteiger partial charge in [0.1, 0.15) is 5.82 Å². The summed E-state index contributed by atoms with van der Waals surface area (Å²) in [4.78, 5) is 8.48. The quantitative estimate of drug-likeness (QED) is 0.737. The van der Waals surface area contributed by atoms with E-state index in [1.165, 1.54) is 12.1 Å². The summed E-state index contributed by atoms with van der Waals surface area (Å²) in [5.41, 5.74) is 2.68. The molecule has 2 heterocycles. The van der Waals surface area contributed by atoms with E-state index in [-0.39, 0.29) is 11.7 Å². The van der Waals surface area contributed by atoms with Gasteiger partial charge in [-0.2, -0.15) is 9.78 Å². The first-order valence-electron chi connectivity index (χ1n) is 6.78. The summed E-state index contributed by atoms with van der Waals surface area (Å²) < 4.78 is 14.8. The highest BCUT2D eigenvalue weighted by atomic mass is 19.1. The van der Waals surface area contributed by atoms with Crippen LogP contribution in [0.3, 0.4) is 0 Å². The van der Waals surface area contributed by atoms with Crippen molar-refractivity contribution < 1.29 is 4.39 Å². The fourth-order valence-electron chi connectivity index (χ4n) is 2.06. The fraction of sp³-hybridized carbons (Fsp3) is 0.188. The van der Waals surface area contributed by atoms with E-state index in [0.717, 1.165) is 17.0 Å². The standard InChI is InChI=1S/C16H15FN4/c1-11(2)14-10-15(12-4-6-13(17)7-5-12)21(20-14)16-18-8-3-9-19-16/h3-11H,1-2H3. The van der Waals surface area contributed by atoms with Gasteiger partial charge >= 0.3 is 0 Å². The monoisotopic (exact) mass is 282 g/mol. The molecule has 0 unspecified atom stereocenters. The Bertz CT molecular complexity index is 733. The van der Waals surface area contributed by atoms with Crippen molar-refractivity contribution in [2.24, 2.45) is 0 Å². The van der Waals surface area contributed by atoms with Crippen molar-refractivity contribution in [2.45, 2.75) is 19.8 Å². The molecule has 0 atom stereocenters. The van der Waals surface area contributed by atoms with Crippen molar-refractivity contribution in [3.05, 3.63) is 60.3 Å². The first kappa shape index (κ1) is 13.4. The number of aromatic nitrogens is 4. The summed E-state index contributed by atoms with van der Waals surface area (Å²) >= 11 is 0. The number of halogens is 1. The van der Waals surface area contributed by atoms with Crippen LogP contribution in [0.2, 0.25) is 0 Å². The van der Waals surface area contributed by atoms with Crippen LogP contribution in [0.15, 0.2) is 48.8 Å². The minimum Gasteiger partial charge on any atom is -0.220 e. The summed E-state index contributed by atoms with van der Waals surface area (Å²) in [6, 6.07) is 10.1. The van der Waals surface area contributed by atoms with Crippen molar-refractivity contribution in [3.8, 4) is 17.2 Å². The molecule has 5 heteroatoms. The minimum absolute atomic E-state index is 0.259. The van der Waals surface area contributed by atoms with Gasteiger partial charge in [-0.1, -0.05) is 13.8 Å². The molecule has 0 aliphatic carbocycles. The lowest BCUT2D eigenvalue weighted by atomic mass is 10.1. The Morgan fingerprint density at radius 2 is 1.71 bits per heavy atom. The summed E-state index contributed by atoms with van der Waals surface area (Å²) in [5.74, 6) is 0.530. The fourth-order valence-corrected chi connectivity index (χ4v) is 2.06. The molecule has 0 radical (unpaired) electrons. The topological polar surface area (TPSA) is 43.6 Å². The van der Waals surface area contributed by atoms with E-state index in [0.29, 0.717) is 5.95 Å². The molecule has 4 nitrogen and oxygen atoms in total. The SMILES string of the molecule is CC(C)c1cc(-c2ccc(F)cc2)n(-c2ncccn2)n1. The van der Waals surface area contributed by atoms with Gasteiger partial charge in [0.2, 0.25) is 0 Å². The average molecular weight is 282 g/mol. The third kappa shape index (κ3) is 2.67. The largest absolute Gasteiger partial charge is 0.251 e. The lowest BCUT2D eigenvalue weighted by Gasteiger charge is -2.05. The van der Waals surface area contributed by atoms with Gasteiger partial charge in [0.15, 0.2) is 0 Å². The third-order valence-electron chi connectivity index (χ3n) is 3.20. The van der Waals surface area contributed by atoms with Gasteiger partial charge in [-0.3, -0.25) is 0 Å². The first-order valence-corrected chi connectivity index (χ1v) is 6.78. The Balaban J connectivity index is 2.16. The second kappa shape index (κ2) is 5.44. The van der Waals surface area contributed by atoms with E-state index in [1.807, 2.05) is 6.07 Å². The second-order valence-corrected chi connectivity index (χ2v) is 5.08. The number of benzene rings is 1. The van der Waals surface area contributed by atoms with E-state index in [9.17, 15) is 4.39 Å². The molecule has 3 aromatic rings. The van der Waals surface area contributed by atoms with E-state index in [2.05, 4.69) is 28.9 Å². The predicted octanol–water partition coefficient (Wildman–Crippen LogP) is 3.59. The van der Waals surface area contributed by atoms with Crippen LogP contribution in [-0.2, 0) is 0 Å². The van der Waals surface area contributed by atoms with Crippen molar-refractivity contribution in [2.75, 3.05) is 0 Å².